The third-order valence-electron chi connectivity index (χ3n) is 5.57. The van der Waals surface area contributed by atoms with Crippen LogP contribution >= 0.6 is 0 Å². The predicted molar refractivity (Wildman–Crippen MR) is 98.7 cm³/mol. The van der Waals surface area contributed by atoms with E-state index >= 15 is 0 Å². The van der Waals surface area contributed by atoms with E-state index < -0.39 is 12.7 Å². The van der Waals surface area contributed by atoms with Crippen LogP contribution in [0, 0.1) is 11.8 Å². The third-order valence-corrected chi connectivity index (χ3v) is 5.57. The van der Waals surface area contributed by atoms with Gasteiger partial charge >= 0.3 is 6.18 Å². The number of hydrogen-bond acceptors (Lipinski definition) is 4. The Kier molecular flexibility index (Phi) is 5.90. The van der Waals surface area contributed by atoms with E-state index in [0.717, 1.165) is 32.0 Å². The molecule has 0 aromatic carbocycles. The summed E-state index contributed by atoms with van der Waals surface area (Å²) in [7, 11) is 0. The SMILES string of the molecule is CC(C)(C)OC1CN(CC2CC2CC(C)(C)OC2CN(CC(F)(F)F)C2)C1. The number of nitrogens with zero attached hydrogens (tertiary/aromatic N) is 2. The fraction of sp³-hybridized carbons (Fsp3) is 1.00. The Balaban J connectivity index is 1.28. The molecule has 27 heavy (non-hydrogen) atoms. The van der Waals surface area contributed by atoms with Gasteiger partial charge in [-0.05, 0) is 59.3 Å². The molecule has 0 amide bonds. The van der Waals surface area contributed by atoms with E-state index in [1.165, 1.54) is 11.3 Å². The van der Waals surface area contributed by atoms with Gasteiger partial charge in [0.2, 0.25) is 0 Å². The van der Waals surface area contributed by atoms with Crippen molar-refractivity contribution >= 4 is 0 Å². The van der Waals surface area contributed by atoms with Gasteiger partial charge in [-0.2, -0.15) is 13.2 Å². The number of ether oxygens (including phenoxy) is 2. The van der Waals surface area contributed by atoms with E-state index in [4.69, 9.17) is 9.47 Å². The van der Waals surface area contributed by atoms with E-state index in [-0.39, 0.29) is 17.3 Å². The molecule has 3 rings (SSSR count). The summed E-state index contributed by atoms with van der Waals surface area (Å²) in [5.41, 5.74) is -0.335. The topological polar surface area (TPSA) is 24.9 Å². The van der Waals surface area contributed by atoms with Crippen LogP contribution in [0.5, 0.6) is 0 Å². The first-order chi connectivity index (χ1) is 12.3. The monoisotopic (exact) mass is 392 g/mol. The Morgan fingerprint density at radius 3 is 1.93 bits per heavy atom. The number of likely N-dealkylation sites (tertiary alicyclic amines) is 2. The summed E-state index contributed by atoms with van der Waals surface area (Å²) < 4.78 is 49.2. The number of hydrogen-bond donors (Lipinski definition) is 0. The van der Waals surface area contributed by atoms with Gasteiger partial charge in [0.25, 0.3) is 0 Å². The van der Waals surface area contributed by atoms with Crippen LogP contribution in [0.1, 0.15) is 47.5 Å². The highest BCUT2D eigenvalue weighted by atomic mass is 19.4. The van der Waals surface area contributed by atoms with E-state index in [1.807, 2.05) is 0 Å². The number of halogens is 3. The number of rotatable bonds is 8. The molecule has 4 nitrogen and oxygen atoms in total. The fourth-order valence-corrected chi connectivity index (χ4v) is 4.47. The molecule has 0 bridgehead atoms. The lowest BCUT2D eigenvalue weighted by molar-refractivity contribution is -0.187. The smallest absolute Gasteiger partial charge is 0.370 e. The summed E-state index contributed by atoms with van der Waals surface area (Å²) in [6.07, 6.45) is -1.59. The normalized spacial score (nSPS) is 28.9. The molecule has 0 N–H and O–H groups in total. The zero-order valence-electron chi connectivity index (χ0n) is 17.3. The second-order valence-corrected chi connectivity index (χ2v) is 10.3. The lowest BCUT2D eigenvalue weighted by Gasteiger charge is -2.43. The van der Waals surface area contributed by atoms with Crippen LogP contribution in [0.3, 0.4) is 0 Å². The zero-order chi connectivity index (χ0) is 20.0. The summed E-state index contributed by atoms with van der Waals surface area (Å²) in [6, 6.07) is 0. The Hall–Kier alpha value is -0.370. The van der Waals surface area contributed by atoms with Crippen LogP contribution in [-0.2, 0) is 9.47 Å². The minimum Gasteiger partial charge on any atom is -0.370 e. The van der Waals surface area contributed by atoms with Crippen molar-refractivity contribution in [3.8, 4) is 0 Å². The second kappa shape index (κ2) is 7.47. The average Bonchev–Trinajstić information content (AvgIpc) is 3.07. The molecular weight excluding hydrogens is 357 g/mol. The van der Waals surface area contributed by atoms with Crippen molar-refractivity contribution in [3.63, 3.8) is 0 Å². The number of alkyl halides is 3. The van der Waals surface area contributed by atoms with Crippen molar-refractivity contribution in [3.05, 3.63) is 0 Å². The van der Waals surface area contributed by atoms with Gasteiger partial charge in [-0.25, -0.2) is 0 Å². The molecule has 7 heteroatoms. The Morgan fingerprint density at radius 1 is 0.815 bits per heavy atom. The molecule has 0 aromatic heterocycles. The largest absolute Gasteiger partial charge is 0.401 e. The zero-order valence-corrected chi connectivity index (χ0v) is 17.3. The molecule has 0 aromatic rings. The highest BCUT2D eigenvalue weighted by molar-refractivity contribution is 4.96. The van der Waals surface area contributed by atoms with Crippen molar-refractivity contribution in [1.29, 1.82) is 0 Å². The predicted octanol–water partition coefficient (Wildman–Crippen LogP) is 3.55. The second-order valence-electron chi connectivity index (χ2n) is 10.3. The maximum absolute atomic E-state index is 12.4. The van der Waals surface area contributed by atoms with Crippen LogP contribution in [0.2, 0.25) is 0 Å². The van der Waals surface area contributed by atoms with Crippen molar-refractivity contribution in [1.82, 2.24) is 9.80 Å². The lowest BCUT2D eigenvalue weighted by Crippen LogP contribution is -2.57. The third kappa shape index (κ3) is 6.87. The molecule has 2 atom stereocenters. The van der Waals surface area contributed by atoms with Crippen molar-refractivity contribution in [2.45, 2.75) is 77.0 Å². The fourth-order valence-electron chi connectivity index (χ4n) is 4.47. The average molecular weight is 393 g/mol. The maximum atomic E-state index is 12.4. The van der Waals surface area contributed by atoms with Crippen LogP contribution in [0.15, 0.2) is 0 Å². The summed E-state index contributed by atoms with van der Waals surface area (Å²) in [4.78, 5) is 3.87. The summed E-state index contributed by atoms with van der Waals surface area (Å²) in [6.45, 7) is 13.6. The molecule has 1 saturated carbocycles. The van der Waals surface area contributed by atoms with Crippen molar-refractivity contribution < 1.29 is 22.6 Å². The van der Waals surface area contributed by atoms with Gasteiger partial charge in [0.15, 0.2) is 0 Å². The molecule has 3 aliphatic rings. The standard InChI is InChI=1S/C20H35F3N2O2/c1-18(2,3)26-16-9-24(10-16)8-15-6-14(15)7-19(4,5)27-17-11-25(12-17)13-20(21,22)23/h14-17H,6-13H2,1-5H3. The molecule has 2 aliphatic heterocycles. The van der Waals surface area contributed by atoms with Gasteiger partial charge in [0.05, 0.1) is 30.0 Å². The first kappa shape index (κ1) is 21.3. The highest BCUT2D eigenvalue weighted by Gasteiger charge is 2.45. The molecule has 158 valence electrons. The van der Waals surface area contributed by atoms with E-state index in [9.17, 15) is 13.2 Å². The van der Waals surface area contributed by atoms with E-state index in [0.29, 0.717) is 25.1 Å². The Bertz CT molecular complexity index is 506. The van der Waals surface area contributed by atoms with Crippen LogP contribution in [0.4, 0.5) is 13.2 Å². The molecule has 2 unspecified atom stereocenters. The first-order valence-electron chi connectivity index (χ1n) is 10.2. The summed E-state index contributed by atoms with van der Waals surface area (Å²) in [5.74, 6) is 1.40. The quantitative estimate of drug-likeness (QED) is 0.631. The molecule has 0 radical (unpaired) electrons. The van der Waals surface area contributed by atoms with Crippen LogP contribution in [0.25, 0.3) is 0 Å². The molecule has 3 fully saturated rings. The van der Waals surface area contributed by atoms with Gasteiger partial charge in [0.1, 0.15) is 0 Å². The van der Waals surface area contributed by atoms with Crippen LogP contribution in [-0.4, -0.2) is 78.7 Å². The van der Waals surface area contributed by atoms with E-state index in [1.54, 1.807) is 0 Å². The lowest BCUT2D eigenvalue weighted by atomic mass is 9.98. The Morgan fingerprint density at radius 2 is 1.37 bits per heavy atom. The molecule has 2 saturated heterocycles. The minimum atomic E-state index is -4.12. The van der Waals surface area contributed by atoms with Gasteiger partial charge in [0, 0.05) is 32.7 Å². The molecule has 1 aliphatic carbocycles. The summed E-state index contributed by atoms with van der Waals surface area (Å²) >= 11 is 0. The van der Waals surface area contributed by atoms with Crippen molar-refractivity contribution in [2.75, 3.05) is 39.3 Å². The maximum Gasteiger partial charge on any atom is 0.401 e. The minimum absolute atomic E-state index is 0.0646. The Labute approximate surface area is 161 Å². The first-order valence-corrected chi connectivity index (χ1v) is 10.2. The molecule has 0 spiro atoms. The van der Waals surface area contributed by atoms with Gasteiger partial charge in [-0.15, -0.1) is 0 Å². The van der Waals surface area contributed by atoms with Gasteiger partial charge < -0.3 is 9.47 Å². The van der Waals surface area contributed by atoms with Crippen LogP contribution < -0.4 is 0 Å². The molecular formula is C20H35F3N2O2. The van der Waals surface area contributed by atoms with Gasteiger partial charge in [-0.3, -0.25) is 9.80 Å². The van der Waals surface area contributed by atoms with E-state index in [2.05, 4.69) is 39.5 Å². The van der Waals surface area contributed by atoms with Crippen molar-refractivity contribution in [2.24, 2.45) is 11.8 Å². The summed E-state index contributed by atoms with van der Waals surface area (Å²) in [5, 5.41) is 0. The molecule has 2 heterocycles. The van der Waals surface area contributed by atoms with Gasteiger partial charge in [-0.1, -0.05) is 0 Å². The highest BCUT2D eigenvalue weighted by Crippen LogP contribution is 2.46.